The first-order valence-electron chi connectivity index (χ1n) is 5.78. The van der Waals surface area contributed by atoms with Crippen molar-refractivity contribution in [1.82, 2.24) is 5.32 Å². The Bertz CT molecular complexity index is 713. The highest BCUT2D eigenvalue weighted by Crippen LogP contribution is 2.36. The van der Waals surface area contributed by atoms with Crippen molar-refractivity contribution in [3.63, 3.8) is 0 Å². The molecule has 21 heavy (non-hydrogen) atoms. The molecule has 1 aromatic rings. The molecule has 110 valence electrons. The van der Waals surface area contributed by atoms with Crippen molar-refractivity contribution in [2.45, 2.75) is 6.92 Å². The maximum atomic E-state index is 14.2. The molecule has 0 spiro atoms. The molecule has 0 saturated carbocycles. The number of benzene rings is 1. The number of methoxy groups -OCH3 is 1. The second-order valence-electron chi connectivity index (χ2n) is 4.22. The van der Waals surface area contributed by atoms with Crippen LogP contribution < -0.4 is 10.1 Å². The average molecular weight is 312 g/mol. The Morgan fingerprint density at radius 1 is 1.52 bits per heavy atom. The lowest BCUT2D eigenvalue weighted by atomic mass is 10.1. The molecule has 8 heteroatoms. The molecule has 2 rings (SSSR count). The Hall–Kier alpha value is -2.41. The van der Waals surface area contributed by atoms with Crippen LogP contribution >= 0.6 is 11.6 Å². The summed E-state index contributed by atoms with van der Waals surface area (Å²) in [4.78, 5) is 14.5. The van der Waals surface area contributed by atoms with Gasteiger partial charge in [0, 0.05) is 17.7 Å². The van der Waals surface area contributed by atoms with E-state index in [1.165, 1.54) is 7.11 Å². The van der Waals surface area contributed by atoms with E-state index in [1.807, 2.05) is 0 Å². The van der Waals surface area contributed by atoms with Gasteiger partial charge in [-0.2, -0.15) is 0 Å². The van der Waals surface area contributed by atoms with Gasteiger partial charge in [-0.15, -0.1) is 0 Å². The number of nitro groups is 1. The first-order chi connectivity index (χ1) is 9.85. The molecule has 0 bridgehead atoms. The number of hydrogen-bond donors (Lipinski definition) is 1. The van der Waals surface area contributed by atoms with Crippen LogP contribution in [-0.4, -0.2) is 17.9 Å². The van der Waals surface area contributed by atoms with Gasteiger partial charge in [0.15, 0.2) is 5.75 Å². The molecule has 0 radical (unpaired) electrons. The molecular weight excluding hydrogens is 301 g/mol. The Balaban J connectivity index is 2.70. The SMILES string of the molecule is C=C1NC(C)=NC(c2cc([N+](=O)[O-])c(OC)cc2F)=C1Cl. The van der Waals surface area contributed by atoms with Gasteiger partial charge in [0.25, 0.3) is 0 Å². The molecule has 0 aliphatic carbocycles. The maximum Gasteiger partial charge on any atom is 0.311 e. The summed E-state index contributed by atoms with van der Waals surface area (Å²) in [5, 5.41) is 13.9. The highest BCUT2D eigenvalue weighted by Gasteiger charge is 2.24. The van der Waals surface area contributed by atoms with Crippen molar-refractivity contribution in [3.05, 3.63) is 50.9 Å². The van der Waals surface area contributed by atoms with Crippen LogP contribution in [0.1, 0.15) is 12.5 Å². The summed E-state index contributed by atoms with van der Waals surface area (Å²) in [6, 6.07) is 1.97. The highest BCUT2D eigenvalue weighted by molar-refractivity contribution is 6.35. The number of amidine groups is 1. The van der Waals surface area contributed by atoms with Gasteiger partial charge in [-0.25, -0.2) is 9.38 Å². The summed E-state index contributed by atoms with van der Waals surface area (Å²) in [5.74, 6) is -0.444. The monoisotopic (exact) mass is 311 g/mol. The van der Waals surface area contributed by atoms with E-state index < -0.39 is 10.7 Å². The maximum absolute atomic E-state index is 14.2. The number of nitro benzene ring substituents is 1. The molecule has 0 unspecified atom stereocenters. The Morgan fingerprint density at radius 2 is 2.19 bits per heavy atom. The zero-order valence-electron chi connectivity index (χ0n) is 11.2. The predicted octanol–water partition coefficient (Wildman–Crippen LogP) is 3.19. The second-order valence-corrected chi connectivity index (χ2v) is 4.60. The fourth-order valence-electron chi connectivity index (χ4n) is 1.87. The molecule has 6 nitrogen and oxygen atoms in total. The number of ether oxygens (including phenoxy) is 1. The summed E-state index contributed by atoms with van der Waals surface area (Å²) in [6.45, 7) is 5.32. The van der Waals surface area contributed by atoms with Gasteiger partial charge >= 0.3 is 5.69 Å². The molecule has 0 aromatic heterocycles. The molecule has 1 heterocycles. The zero-order chi connectivity index (χ0) is 15.7. The molecular formula is C13H11ClFN3O3. The number of halogens is 2. The van der Waals surface area contributed by atoms with Gasteiger partial charge in [-0.1, -0.05) is 18.2 Å². The van der Waals surface area contributed by atoms with Crippen molar-refractivity contribution >= 4 is 28.8 Å². The minimum atomic E-state index is -0.725. The van der Waals surface area contributed by atoms with Crippen molar-refractivity contribution in [1.29, 1.82) is 0 Å². The number of nitrogens with zero attached hydrogens (tertiary/aromatic N) is 2. The lowest BCUT2D eigenvalue weighted by Crippen LogP contribution is -2.23. The van der Waals surface area contributed by atoms with E-state index in [2.05, 4.69) is 16.9 Å². The Morgan fingerprint density at radius 3 is 2.76 bits per heavy atom. The summed E-state index contributed by atoms with van der Waals surface area (Å²) >= 11 is 6.05. The third-order valence-electron chi connectivity index (χ3n) is 2.80. The fourth-order valence-corrected chi connectivity index (χ4v) is 2.06. The van der Waals surface area contributed by atoms with E-state index in [-0.39, 0.29) is 27.7 Å². The second kappa shape index (κ2) is 5.53. The quantitative estimate of drug-likeness (QED) is 0.687. The normalized spacial score (nSPS) is 14.7. The molecule has 0 saturated heterocycles. The number of rotatable bonds is 3. The Labute approximate surface area is 124 Å². The summed E-state index contributed by atoms with van der Waals surface area (Å²) in [7, 11) is 1.22. The first-order valence-corrected chi connectivity index (χ1v) is 6.16. The summed E-state index contributed by atoms with van der Waals surface area (Å²) in [5.41, 5.74) is -0.0319. The predicted molar refractivity (Wildman–Crippen MR) is 77.8 cm³/mol. The lowest BCUT2D eigenvalue weighted by molar-refractivity contribution is -0.385. The molecule has 1 N–H and O–H groups in total. The summed E-state index contributed by atoms with van der Waals surface area (Å²) < 4.78 is 19.0. The fraction of sp³-hybridized carbons (Fsp3) is 0.154. The van der Waals surface area contributed by atoms with E-state index >= 15 is 0 Å². The van der Waals surface area contributed by atoms with Crippen molar-refractivity contribution < 1.29 is 14.1 Å². The largest absolute Gasteiger partial charge is 0.490 e. The zero-order valence-corrected chi connectivity index (χ0v) is 12.0. The van der Waals surface area contributed by atoms with E-state index in [0.717, 1.165) is 12.1 Å². The molecule has 0 fully saturated rings. The van der Waals surface area contributed by atoms with Gasteiger partial charge in [0.05, 0.1) is 28.5 Å². The van der Waals surface area contributed by atoms with Crippen LogP contribution in [0.4, 0.5) is 10.1 Å². The van der Waals surface area contributed by atoms with Gasteiger partial charge < -0.3 is 10.1 Å². The van der Waals surface area contributed by atoms with Crippen LogP contribution in [0.15, 0.2) is 34.4 Å². The van der Waals surface area contributed by atoms with E-state index in [9.17, 15) is 14.5 Å². The molecule has 1 aliphatic rings. The van der Waals surface area contributed by atoms with Gasteiger partial charge in [0.1, 0.15) is 11.7 Å². The van der Waals surface area contributed by atoms with Crippen LogP contribution in [0.25, 0.3) is 5.70 Å². The van der Waals surface area contributed by atoms with Crippen LogP contribution in [0, 0.1) is 15.9 Å². The topological polar surface area (TPSA) is 76.8 Å². The molecule has 1 aliphatic heterocycles. The molecule has 0 amide bonds. The standard InChI is InChI=1S/C13H11ClFN3O3/c1-6-12(14)13(17-7(2)16-6)8-4-10(18(19)20)11(21-3)5-9(8)15/h4-5H,1H2,2-3H3,(H,16,17). The van der Waals surface area contributed by atoms with E-state index in [4.69, 9.17) is 16.3 Å². The number of nitrogens with one attached hydrogen (secondary N) is 1. The van der Waals surface area contributed by atoms with Crippen molar-refractivity contribution in [3.8, 4) is 5.75 Å². The van der Waals surface area contributed by atoms with E-state index in [0.29, 0.717) is 11.5 Å². The third kappa shape index (κ3) is 2.73. The Kier molecular flexibility index (Phi) is 3.95. The van der Waals surface area contributed by atoms with Gasteiger partial charge in [-0.3, -0.25) is 10.1 Å². The molecule has 0 atom stereocenters. The minimum Gasteiger partial charge on any atom is -0.490 e. The first kappa shape index (κ1) is 15.0. The van der Waals surface area contributed by atoms with Crippen LogP contribution in [-0.2, 0) is 0 Å². The molecule has 1 aromatic carbocycles. The number of hydrogen-bond acceptors (Lipinski definition) is 5. The van der Waals surface area contributed by atoms with Crippen LogP contribution in [0.3, 0.4) is 0 Å². The highest BCUT2D eigenvalue weighted by atomic mass is 35.5. The van der Waals surface area contributed by atoms with Crippen molar-refractivity contribution in [2.75, 3.05) is 7.11 Å². The summed E-state index contributed by atoms with van der Waals surface area (Å²) in [6.07, 6.45) is 0. The number of allylic oxidation sites excluding steroid dienone is 1. The third-order valence-corrected chi connectivity index (χ3v) is 3.21. The minimum absolute atomic E-state index is 0.0844. The smallest absolute Gasteiger partial charge is 0.311 e. The average Bonchev–Trinajstić information content (AvgIpc) is 2.42. The van der Waals surface area contributed by atoms with Gasteiger partial charge in [0.2, 0.25) is 0 Å². The number of aliphatic imine (C=N–C) groups is 1. The van der Waals surface area contributed by atoms with E-state index in [1.54, 1.807) is 6.92 Å². The lowest BCUT2D eigenvalue weighted by Gasteiger charge is -2.18. The van der Waals surface area contributed by atoms with Crippen LogP contribution in [0.2, 0.25) is 0 Å². The van der Waals surface area contributed by atoms with Crippen molar-refractivity contribution in [2.24, 2.45) is 4.99 Å². The van der Waals surface area contributed by atoms with Gasteiger partial charge in [-0.05, 0) is 6.92 Å². The van der Waals surface area contributed by atoms with Crippen LogP contribution in [0.5, 0.6) is 5.75 Å².